The number of nitrogens with two attached hydrogens (primary N) is 1. The Labute approximate surface area is 147 Å². The number of hydrogen-bond acceptors (Lipinski definition) is 7. The molecule has 9 heteroatoms. The number of rotatable bonds is 4. The van der Waals surface area contributed by atoms with E-state index >= 15 is 0 Å². The van der Waals surface area contributed by atoms with E-state index in [0.29, 0.717) is 22.2 Å². The summed E-state index contributed by atoms with van der Waals surface area (Å²) in [4.78, 5) is 14.9. The maximum absolute atomic E-state index is 12.1. The third-order valence-electron chi connectivity index (χ3n) is 3.32. The highest BCUT2D eigenvalue weighted by molar-refractivity contribution is 7.99. The maximum Gasteiger partial charge on any atom is 0.289 e. The number of aromatic amines is 1. The van der Waals surface area contributed by atoms with Gasteiger partial charge in [0.2, 0.25) is 12.7 Å². The fraction of sp³-hybridized carbons (Fsp3) is 0.125. The van der Waals surface area contributed by atoms with Crippen LogP contribution in [0.1, 0.15) is 11.1 Å². The largest absolute Gasteiger partial charge is 0.454 e. The molecular formula is C16H12N5O3S+. The molecule has 1 amide bonds. The van der Waals surface area contributed by atoms with Gasteiger partial charge in [-0.3, -0.25) is 10.5 Å². The lowest BCUT2D eigenvalue weighted by molar-refractivity contribution is -0.410. The van der Waals surface area contributed by atoms with E-state index in [2.05, 4.69) is 10.3 Å². The van der Waals surface area contributed by atoms with Gasteiger partial charge < -0.3 is 14.8 Å². The van der Waals surface area contributed by atoms with E-state index in [9.17, 15) is 4.79 Å². The second-order valence-electron chi connectivity index (χ2n) is 4.97. The molecule has 1 aliphatic rings. The Morgan fingerprint density at radius 2 is 2.00 bits per heavy atom. The summed E-state index contributed by atoms with van der Waals surface area (Å²) in [5.41, 5.74) is 6.73. The van der Waals surface area contributed by atoms with Crippen molar-refractivity contribution in [1.29, 1.82) is 10.5 Å². The number of carbonyl (C=O) groups is 1. The number of benzene rings is 1. The molecule has 2 heterocycles. The number of hydrogen-bond donors (Lipinski definition) is 2. The Bertz CT molecular complexity index is 933. The molecule has 0 aliphatic carbocycles. The van der Waals surface area contributed by atoms with Gasteiger partial charge in [-0.15, -0.1) is 0 Å². The summed E-state index contributed by atoms with van der Waals surface area (Å²) in [5.74, 6) is 1.16. The average Bonchev–Trinajstić information content (AvgIpc) is 3.07. The van der Waals surface area contributed by atoms with E-state index in [-0.39, 0.29) is 35.4 Å². The summed E-state index contributed by atoms with van der Waals surface area (Å²) in [7, 11) is 0. The lowest BCUT2D eigenvalue weighted by Gasteiger charge is -2.06. The molecule has 0 saturated heterocycles. The minimum absolute atomic E-state index is 0.0605. The van der Waals surface area contributed by atoms with Crippen molar-refractivity contribution >= 4 is 29.2 Å². The number of H-pyrrole nitrogens is 1. The zero-order valence-corrected chi connectivity index (χ0v) is 13.6. The summed E-state index contributed by atoms with van der Waals surface area (Å²) < 4.78 is 10.5. The van der Waals surface area contributed by atoms with E-state index < -0.39 is 0 Å². The summed E-state index contributed by atoms with van der Waals surface area (Å²) in [6.45, 7) is 0.162. The zero-order valence-electron chi connectivity index (χ0n) is 12.8. The van der Waals surface area contributed by atoms with Gasteiger partial charge in [-0.05, 0) is 18.2 Å². The van der Waals surface area contributed by atoms with Crippen LogP contribution in [0.3, 0.4) is 0 Å². The number of nitriles is 2. The predicted molar refractivity (Wildman–Crippen MR) is 88.8 cm³/mol. The van der Waals surface area contributed by atoms with Crippen molar-refractivity contribution in [2.75, 3.05) is 23.6 Å². The van der Waals surface area contributed by atoms with Crippen LogP contribution in [0.2, 0.25) is 0 Å². The van der Waals surface area contributed by atoms with Gasteiger partial charge >= 0.3 is 0 Å². The molecule has 0 radical (unpaired) electrons. The number of nitrogens with one attached hydrogen (secondary N) is 2. The van der Waals surface area contributed by atoms with Crippen LogP contribution in [0.25, 0.3) is 0 Å². The standard InChI is InChI=1S/C16H11N5O3S/c17-5-9-3-10(6-18)16(21-15(9)19)25-7-14(22)20-11-1-2-12-13(4-11)24-8-23-12/h1-4H,7-8H2,(H2,19,21)(H,20,22)/p+1. The monoisotopic (exact) mass is 354 g/mol. The Morgan fingerprint density at radius 3 is 2.76 bits per heavy atom. The summed E-state index contributed by atoms with van der Waals surface area (Å²) in [5, 5.41) is 21.3. The van der Waals surface area contributed by atoms with E-state index in [1.807, 2.05) is 12.1 Å². The molecule has 124 valence electrons. The van der Waals surface area contributed by atoms with Gasteiger partial charge in [0.15, 0.2) is 16.5 Å². The fourth-order valence-electron chi connectivity index (χ4n) is 2.14. The molecule has 1 aromatic heterocycles. The summed E-state index contributed by atoms with van der Waals surface area (Å²) in [6, 6.07) is 10.4. The first-order valence-corrected chi connectivity index (χ1v) is 8.07. The van der Waals surface area contributed by atoms with Gasteiger partial charge in [-0.25, -0.2) is 4.98 Å². The summed E-state index contributed by atoms with van der Waals surface area (Å²) in [6.07, 6.45) is 0. The molecular weight excluding hydrogens is 342 g/mol. The summed E-state index contributed by atoms with van der Waals surface area (Å²) >= 11 is 1.12. The van der Waals surface area contributed by atoms with E-state index in [0.717, 1.165) is 11.8 Å². The maximum atomic E-state index is 12.1. The Morgan fingerprint density at radius 1 is 1.24 bits per heavy atom. The molecule has 3 rings (SSSR count). The van der Waals surface area contributed by atoms with Crippen LogP contribution in [0.4, 0.5) is 11.5 Å². The van der Waals surface area contributed by atoms with Gasteiger partial charge in [0, 0.05) is 11.8 Å². The van der Waals surface area contributed by atoms with Gasteiger partial charge in [-0.2, -0.15) is 10.5 Å². The molecule has 1 aromatic carbocycles. The van der Waals surface area contributed by atoms with Gasteiger partial charge in [0.1, 0.15) is 23.3 Å². The number of nitrogens with zero attached hydrogens (tertiary/aromatic N) is 2. The van der Waals surface area contributed by atoms with Crippen LogP contribution < -0.4 is 25.5 Å². The topological polar surface area (TPSA) is 135 Å². The highest BCUT2D eigenvalue weighted by Crippen LogP contribution is 2.34. The fourth-order valence-corrected chi connectivity index (χ4v) is 2.93. The number of aromatic nitrogens is 1. The molecule has 1 aliphatic heterocycles. The number of anilines is 2. The SMILES string of the molecule is N#Cc1cc(C#N)c(SCC(=O)Nc2ccc3c(c2)OCO3)[nH+]c1N. The van der Waals surface area contributed by atoms with Crippen LogP contribution in [0.15, 0.2) is 29.3 Å². The van der Waals surface area contributed by atoms with Crippen molar-refractivity contribution in [3.8, 4) is 23.6 Å². The first kappa shape index (κ1) is 16.4. The van der Waals surface area contributed by atoms with Crippen LogP contribution in [-0.4, -0.2) is 18.5 Å². The second-order valence-corrected chi connectivity index (χ2v) is 5.95. The number of ether oxygens (including phenoxy) is 2. The second kappa shape index (κ2) is 6.99. The molecule has 0 bridgehead atoms. The molecule has 0 saturated carbocycles. The first-order chi connectivity index (χ1) is 12.1. The molecule has 25 heavy (non-hydrogen) atoms. The van der Waals surface area contributed by atoms with E-state index in [1.165, 1.54) is 6.07 Å². The molecule has 0 spiro atoms. The highest BCUT2D eigenvalue weighted by atomic mass is 32.2. The quantitative estimate of drug-likeness (QED) is 0.790. The number of carbonyl (C=O) groups excluding carboxylic acids is 1. The van der Waals surface area contributed by atoms with Gasteiger partial charge in [-0.1, -0.05) is 11.8 Å². The van der Waals surface area contributed by atoms with Crippen LogP contribution in [-0.2, 0) is 4.79 Å². The third-order valence-corrected chi connectivity index (χ3v) is 4.33. The van der Waals surface area contributed by atoms with Gasteiger partial charge in [0.05, 0.1) is 5.75 Å². The molecule has 4 N–H and O–H groups in total. The van der Waals surface area contributed by atoms with Gasteiger partial charge in [0.25, 0.3) is 5.82 Å². The van der Waals surface area contributed by atoms with Crippen LogP contribution >= 0.6 is 11.8 Å². The van der Waals surface area contributed by atoms with Crippen molar-refractivity contribution in [2.24, 2.45) is 0 Å². The number of fused-ring (bicyclic) bond motifs is 1. The van der Waals surface area contributed by atoms with Crippen molar-refractivity contribution < 1.29 is 19.3 Å². The first-order valence-electron chi connectivity index (χ1n) is 7.09. The predicted octanol–water partition coefficient (Wildman–Crippen LogP) is 1.29. The smallest absolute Gasteiger partial charge is 0.289 e. The number of pyridine rings is 1. The number of nitrogen functional groups attached to an aromatic ring is 1. The lowest BCUT2D eigenvalue weighted by atomic mass is 10.2. The lowest BCUT2D eigenvalue weighted by Crippen LogP contribution is -2.19. The molecule has 0 fully saturated rings. The molecule has 2 aromatic rings. The Balaban J connectivity index is 1.66. The molecule has 8 nitrogen and oxygen atoms in total. The minimum atomic E-state index is -0.260. The highest BCUT2D eigenvalue weighted by Gasteiger charge is 2.17. The van der Waals surface area contributed by atoms with Crippen molar-refractivity contribution in [3.63, 3.8) is 0 Å². The van der Waals surface area contributed by atoms with E-state index in [1.54, 1.807) is 18.2 Å². The Hall–Kier alpha value is -3.43. The normalized spacial score (nSPS) is 11.4. The number of amides is 1. The average molecular weight is 354 g/mol. The van der Waals surface area contributed by atoms with Crippen LogP contribution in [0.5, 0.6) is 11.5 Å². The minimum Gasteiger partial charge on any atom is -0.454 e. The van der Waals surface area contributed by atoms with Crippen molar-refractivity contribution in [3.05, 3.63) is 35.4 Å². The Kier molecular flexibility index (Phi) is 4.59. The molecule has 0 atom stereocenters. The van der Waals surface area contributed by atoms with E-state index in [4.69, 9.17) is 25.7 Å². The third kappa shape index (κ3) is 3.57. The van der Waals surface area contributed by atoms with Crippen molar-refractivity contribution in [2.45, 2.75) is 5.03 Å². The van der Waals surface area contributed by atoms with Crippen molar-refractivity contribution in [1.82, 2.24) is 0 Å². The zero-order chi connectivity index (χ0) is 17.8. The molecule has 0 unspecified atom stereocenters. The van der Waals surface area contributed by atoms with Crippen LogP contribution in [0, 0.1) is 22.7 Å². The number of thioether (sulfide) groups is 1.